The lowest BCUT2D eigenvalue weighted by atomic mass is 10.2. The second kappa shape index (κ2) is 7.12. The molecule has 24 heavy (non-hydrogen) atoms. The molecule has 1 aliphatic heterocycles. The van der Waals surface area contributed by atoms with Gasteiger partial charge in [0.25, 0.3) is 5.91 Å². The molecule has 1 amide bonds. The normalized spacial score (nSPS) is 13.2. The van der Waals surface area contributed by atoms with Crippen molar-refractivity contribution in [3.8, 4) is 23.0 Å². The number of nitrogens with one attached hydrogen (secondary N) is 1. The molecule has 1 aliphatic rings. The average molecular weight is 329 g/mol. The zero-order chi connectivity index (χ0) is 16.9. The van der Waals surface area contributed by atoms with Crippen LogP contribution in [0, 0.1) is 0 Å². The van der Waals surface area contributed by atoms with Gasteiger partial charge < -0.3 is 24.3 Å². The second-order valence-electron chi connectivity index (χ2n) is 5.25. The standard InChI is InChI=1S/C18H19NO5/c1-3-15(24-14-6-4-5-13(10-14)21-2)18(20)19-12-7-8-16-17(9-12)23-11-22-16/h4-10,15H,3,11H2,1-2H3,(H,19,20)/t15-/m1/s1. The molecule has 0 spiro atoms. The topological polar surface area (TPSA) is 66.0 Å². The molecule has 3 rings (SSSR count). The van der Waals surface area contributed by atoms with Crippen molar-refractivity contribution in [2.45, 2.75) is 19.4 Å². The van der Waals surface area contributed by atoms with E-state index in [2.05, 4.69) is 5.32 Å². The molecule has 1 atom stereocenters. The molecule has 6 nitrogen and oxygen atoms in total. The predicted molar refractivity (Wildman–Crippen MR) is 88.9 cm³/mol. The Morgan fingerprint density at radius 2 is 1.96 bits per heavy atom. The molecule has 0 radical (unpaired) electrons. The Hall–Kier alpha value is -2.89. The monoisotopic (exact) mass is 329 g/mol. The number of hydrogen-bond donors (Lipinski definition) is 1. The van der Waals surface area contributed by atoms with Gasteiger partial charge >= 0.3 is 0 Å². The van der Waals surface area contributed by atoms with Crippen molar-refractivity contribution >= 4 is 11.6 Å². The minimum atomic E-state index is -0.609. The molecule has 126 valence electrons. The van der Waals surface area contributed by atoms with Gasteiger partial charge in [-0.1, -0.05) is 13.0 Å². The zero-order valence-electron chi connectivity index (χ0n) is 13.6. The number of hydrogen-bond acceptors (Lipinski definition) is 5. The number of methoxy groups -OCH3 is 1. The van der Waals surface area contributed by atoms with Crippen LogP contribution in [-0.2, 0) is 4.79 Å². The largest absolute Gasteiger partial charge is 0.497 e. The highest BCUT2D eigenvalue weighted by Gasteiger charge is 2.20. The summed E-state index contributed by atoms with van der Waals surface area (Å²) in [6, 6.07) is 12.4. The third-order valence-corrected chi connectivity index (χ3v) is 3.62. The molecule has 0 unspecified atom stereocenters. The third-order valence-electron chi connectivity index (χ3n) is 3.62. The zero-order valence-corrected chi connectivity index (χ0v) is 13.6. The van der Waals surface area contributed by atoms with Crippen molar-refractivity contribution in [1.29, 1.82) is 0 Å². The van der Waals surface area contributed by atoms with Crippen LogP contribution in [0.3, 0.4) is 0 Å². The number of carbonyl (C=O) groups excluding carboxylic acids is 1. The maximum absolute atomic E-state index is 12.5. The molecule has 0 saturated carbocycles. The summed E-state index contributed by atoms with van der Waals surface area (Å²) in [5, 5.41) is 2.84. The first kappa shape index (κ1) is 16.0. The van der Waals surface area contributed by atoms with E-state index >= 15 is 0 Å². The number of ether oxygens (including phenoxy) is 4. The van der Waals surface area contributed by atoms with E-state index in [0.717, 1.165) is 0 Å². The molecule has 1 heterocycles. The summed E-state index contributed by atoms with van der Waals surface area (Å²) in [7, 11) is 1.59. The first-order valence-corrected chi connectivity index (χ1v) is 7.71. The quantitative estimate of drug-likeness (QED) is 0.881. The lowest BCUT2D eigenvalue weighted by Crippen LogP contribution is -2.32. The molecular formula is C18H19NO5. The van der Waals surface area contributed by atoms with Crippen molar-refractivity contribution in [3.63, 3.8) is 0 Å². The van der Waals surface area contributed by atoms with Gasteiger partial charge in [0, 0.05) is 17.8 Å². The molecule has 0 aromatic heterocycles. The Kier molecular flexibility index (Phi) is 4.74. The Bertz CT molecular complexity index is 731. The van der Waals surface area contributed by atoms with Gasteiger partial charge in [-0.2, -0.15) is 0 Å². The Balaban J connectivity index is 1.67. The van der Waals surface area contributed by atoms with E-state index in [1.165, 1.54) is 0 Å². The molecule has 0 bridgehead atoms. The minimum absolute atomic E-state index is 0.198. The molecule has 1 N–H and O–H groups in total. The Morgan fingerprint density at radius 3 is 2.75 bits per heavy atom. The van der Waals surface area contributed by atoms with Crippen LogP contribution < -0.4 is 24.3 Å². The summed E-state index contributed by atoms with van der Waals surface area (Å²) in [4.78, 5) is 12.5. The third kappa shape index (κ3) is 3.53. The van der Waals surface area contributed by atoms with Gasteiger partial charge in [0.2, 0.25) is 6.79 Å². The minimum Gasteiger partial charge on any atom is -0.497 e. The highest BCUT2D eigenvalue weighted by Crippen LogP contribution is 2.34. The van der Waals surface area contributed by atoms with Crippen molar-refractivity contribution in [2.75, 3.05) is 19.2 Å². The van der Waals surface area contributed by atoms with E-state index in [9.17, 15) is 4.79 Å². The summed E-state index contributed by atoms with van der Waals surface area (Å²) in [5.41, 5.74) is 0.636. The van der Waals surface area contributed by atoms with Crippen LogP contribution in [0.25, 0.3) is 0 Å². The van der Waals surface area contributed by atoms with Crippen molar-refractivity contribution in [3.05, 3.63) is 42.5 Å². The summed E-state index contributed by atoms with van der Waals surface area (Å²) in [6.45, 7) is 2.09. The number of amides is 1. The van der Waals surface area contributed by atoms with E-state index in [4.69, 9.17) is 18.9 Å². The van der Waals surface area contributed by atoms with E-state index in [-0.39, 0.29) is 12.7 Å². The Labute approximate surface area is 140 Å². The SMILES string of the molecule is CC[C@@H](Oc1cccc(OC)c1)C(=O)Nc1ccc2c(c1)OCO2. The highest BCUT2D eigenvalue weighted by molar-refractivity contribution is 5.94. The fraction of sp³-hybridized carbons (Fsp3) is 0.278. The van der Waals surface area contributed by atoms with Crippen LogP contribution >= 0.6 is 0 Å². The number of rotatable bonds is 6. The fourth-order valence-electron chi connectivity index (χ4n) is 2.36. The van der Waals surface area contributed by atoms with Crippen LogP contribution in [0.5, 0.6) is 23.0 Å². The van der Waals surface area contributed by atoms with Crippen molar-refractivity contribution in [1.82, 2.24) is 0 Å². The second-order valence-corrected chi connectivity index (χ2v) is 5.25. The smallest absolute Gasteiger partial charge is 0.265 e. The first-order valence-electron chi connectivity index (χ1n) is 7.71. The lowest BCUT2D eigenvalue weighted by Gasteiger charge is -2.17. The van der Waals surface area contributed by atoms with Crippen LogP contribution in [0.4, 0.5) is 5.69 Å². The van der Waals surface area contributed by atoms with E-state index in [1.807, 2.05) is 19.1 Å². The van der Waals surface area contributed by atoms with Crippen LogP contribution in [0.2, 0.25) is 0 Å². The highest BCUT2D eigenvalue weighted by atomic mass is 16.7. The number of anilines is 1. The Morgan fingerprint density at radius 1 is 1.17 bits per heavy atom. The summed E-state index contributed by atoms with van der Waals surface area (Å²) in [5.74, 6) is 2.34. The van der Waals surface area contributed by atoms with Crippen LogP contribution in [0.1, 0.15) is 13.3 Å². The molecule has 0 fully saturated rings. The maximum Gasteiger partial charge on any atom is 0.265 e. The average Bonchev–Trinajstić information content (AvgIpc) is 3.07. The van der Waals surface area contributed by atoms with E-state index < -0.39 is 6.10 Å². The summed E-state index contributed by atoms with van der Waals surface area (Å²) >= 11 is 0. The number of carbonyl (C=O) groups is 1. The predicted octanol–water partition coefficient (Wildman–Crippen LogP) is 3.22. The maximum atomic E-state index is 12.5. The van der Waals surface area contributed by atoms with Gasteiger partial charge in [-0.05, 0) is 30.7 Å². The van der Waals surface area contributed by atoms with Crippen LogP contribution in [0.15, 0.2) is 42.5 Å². The van der Waals surface area contributed by atoms with Crippen molar-refractivity contribution < 1.29 is 23.7 Å². The van der Waals surface area contributed by atoms with Crippen molar-refractivity contribution in [2.24, 2.45) is 0 Å². The van der Waals surface area contributed by atoms with Gasteiger partial charge in [0.1, 0.15) is 11.5 Å². The summed E-state index contributed by atoms with van der Waals surface area (Å²) in [6.07, 6.45) is -0.0735. The van der Waals surface area contributed by atoms with Gasteiger partial charge in [0.15, 0.2) is 17.6 Å². The lowest BCUT2D eigenvalue weighted by molar-refractivity contribution is -0.122. The fourth-order valence-corrected chi connectivity index (χ4v) is 2.36. The van der Waals surface area contributed by atoms with Gasteiger partial charge in [0.05, 0.1) is 7.11 Å². The van der Waals surface area contributed by atoms with Crippen LogP contribution in [-0.4, -0.2) is 25.9 Å². The molecule has 0 saturated heterocycles. The molecule has 2 aromatic rings. The molecule has 2 aromatic carbocycles. The molecular weight excluding hydrogens is 310 g/mol. The molecule has 0 aliphatic carbocycles. The number of fused-ring (bicyclic) bond motifs is 1. The molecule has 6 heteroatoms. The summed E-state index contributed by atoms with van der Waals surface area (Å²) < 4.78 is 21.5. The van der Waals surface area contributed by atoms with Gasteiger partial charge in [-0.15, -0.1) is 0 Å². The van der Waals surface area contributed by atoms with Gasteiger partial charge in [-0.3, -0.25) is 4.79 Å². The first-order chi connectivity index (χ1) is 11.7. The van der Waals surface area contributed by atoms with E-state index in [0.29, 0.717) is 35.1 Å². The number of benzene rings is 2. The van der Waals surface area contributed by atoms with E-state index in [1.54, 1.807) is 37.4 Å². The van der Waals surface area contributed by atoms with Gasteiger partial charge in [-0.25, -0.2) is 0 Å².